The minimum absolute atomic E-state index is 0.0901. The van der Waals surface area contributed by atoms with E-state index in [2.05, 4.69) is 14.8 Å². The van der Waals surface area contributed by atoms with Crippen molar-refractivity contribution in [3.05, 3.63) is 54.2 Å². The summed E-state index contributed by atoms with van der Waals surface area (Å²) in [6, 6.07) is 13.5. The molecule has 0 radical (unpaired) electrons. The first-order valence-electron chi connectivity index (χ1n) is 11.2. The van der Waals surface area contributed by atoms with Gasteiger partial charge in [0.2, 0.25) is 0 Å². The molecule has 2 saturated heterocycles. The summed E-state index contributed by atoms with van der Waals surface area (Å²) >= 11 is 0. The normalized spacial score (nSPS) is 17.7. The summed E-state index contributed by atoms with van der Waals surface area (Å²) in [5, 5.41) is 0. The molecule has 0 spiro atoms. The molecule has 6 heteroatoms. The Hall–Kier alpha value is -2.60. The molecule has 1 aromatic heterocycles. The maximum atomic E-state index is 12.8. The lowest BCUT2D eigenvalue weighted by Crippen LogP contribution is -2.49. The number of hydrogen-bond acceptors (Lipinski definition) is 5. The van der Waals surface area contributed by atoms with E-state index in [1.165, 1.54) is 32.4 Å². The van der Waals surface area contributed by atoms with E-state index in [-0.39, 0.29) is 5.91 Å². The molecule has 0 saturated carbocycles. The van der Waals surface area contributed by atoms with Crippen molar-refractivity contribution >= 4 is 11.7 Å². The highest BCUT2D eigenvalue weighted by Gasteiger charge is 2.22. The van der Waals surface area contributed by atoms with Crippen LogP contribution in [0.2, 0.25) is 0 Å². The number of aromatic nitrogens is 1. The molecule has 1 aromatic carbocycles. The second kappa shape index (κ2) is 10.4. The van der Waals surface area contributed by atoms with Crippen molar-refractivity contribution in [2.75, 3.05) is 57.3 Å². The van der Waals surface area contributed by atoms with Crippen molar-refractivity contribution in [3.63, 3.8) is 0 Å². The maximum Gasteiger partial charge on any atom is 0.253 e. The third-order valence-electron chi connectivity index (χ3n) is 5.98. The van der Waals surface area contributed by atoms with Crippen LogP contribution in [-0.2, 0) is 0 Å². The molecule has 6 nitrogen and oxygen atoms in total. The molecule has 0 unspecified atom stereocenters. The average Bonchev–Trinajstić information content (AvgIpc) is 2.83. The lowest BCUT2D eigenvalue weighted by Gasteiger charge is -2.35. The van der Waals surface area contributed by atoms with E-state index in [9.17, 15) is 4.79 Å². The zero-order valence-corrected chi connectivity index (χ0v) is 17.7. The SMILES string of the molecule is O=C(c1ccc(OCCCN2CCCCC2)cc1)N1CCN(c2ccccn2)CC1. The molecule has 1 amide bonds. The Balaban J connectivity index is 1.20. The molecule has 0 aliphatic carbocycles. The molecule has 2 fully saturated rings. The van der Waals surface area contributed by atoms with Crippen LogP contribution in [0.25, 0.3) is 0 Å². The summed E-state index contributed by atoms with van der Waals surface area (Å²) in [5.41, 5.74) is 0.724. The van der Waals surface area contributed by atoms with E-state index in [4.69, 9.17) is 4.74 Å². The summed E-state index contributed by atoms with van der Waals surface area (Å²) in [7, 11) is 0. The summed E-state index contributed by atoms with van der Waals surface area (Å²) in [6.45, 7) is 7.33. The fraction of sp³-hybridized carbons (Fsp3) is 0.500. The molecule has 0 atom stereocenters. The van der Waals surface area contributed by atoms with Crippen molar-refractivity contribution in [2.45, 2.75) is 25.7 Å². The van der Waals surface area contributed by atoms with Gasteiger partial charge >= 0.3 is 0 Å². The predicted molar refractivity (Wildman–Crippen MR) is 119 cm³/mol. The van der Waals surface area contributed by atoms with Gasteiger partial charge in [-0.25, -0.2) is 4.98 Å². The van der Waals surface area contributed by atoms with Gasteiger partial charge in [-0.05, 0) is 68.8 Å². The van der Waals surface area contributed by atoms with Gasteiger partial charge in [0.25, 0.3) is 5.91 Å². The summed E-state index contributed by atoms with van der Waals surface area (Å²) in [6.07, 6.45) is 6.88. The van der Waals surface area contributed by atoms with E-state index < -0.39 is 0 Å². The number of anilines is 1. The Morgan fingerprint density at radius 2 is 1.67 bits per heavy atom. The number of pyridine rings is 1. The van der Waals surface area contributed by atoms with Crippen LogP contribution in [0.4, 0.5) is 5.82 Å². The van der Waals surface area contributed by atoms with Crippen LogP contribution in [0.1, 0.15) is 36.0 Å². The number of piperazine rings is 1. The fourth-order valence-electron chi connectivity index (χ4n) is 4.22. The van der Waals surface area contributed by atoms with Crippen LogP contribution in [0, 0.1) is 0 Å². The molecular weight excluding hydrogens is 376 g/mol. The van der Waals surface area contributed by atoms with Crippen molar-refractivity contribution in [1.29, 1.82) is 0 Å². The first-order chi connectivity index (χ1) is 14.8. The zero-order valence-electron chi connectivity index (χ0n) is 17.7. The Morgan fingerprint density at radius 3 is 2.37 bits per heavy atom. The van der Waals surface area contributed by atoms with E-state index >= 15 is 0 Å². The van der Waals surface area contributed by atoms with Gasteiger partial charge in [0.15, 0.2) is 0 Å². The topological polar surface area (TPSA) is 48.9 Å². The molecule has 0 bridgehead atoms. The largest absolute Gasteiger partial charge is 0.494 e. The lowest BCUT2D eigenvalue weighted by atomic mass is 10.1. The highest BCUT2D eigenvalue weighted by Crippen LogP contribution is 2.17. The first-order valence-corrected chi connectivity index (χ1v) is 11.2. The summed E-state index contributed by atoms with van der Waals surface area (Å²) in [4.78, 5) is 23.9. The Bertz CT molecular complexity index is 783. The second-order valence-corrected chi connectivity index (χ2v) is 8.10. The third-order valence-corrected chi connectivity index (χ3v) is 5.98. The van der Waals surface area contributed by atoms with Crippen LogP contribution >= 0.6 is 0 Å². The minimum Gasteiger partial charge on any atom is -0.494 e. The molecular formula is C24H32N4O2. The van der Waals surface area contributed by atoms with Gasteiger partial charge in [-0.1, -0.05) is 12.5 Å². The number of amides is 1. The Morgan fingerprint density at radius 1 is 0.900 bits per heavy atom. The molecule has 4 rings (SSSR count). The van der Waals surface area contributed by atoms with Crippen LogP contribution < -0.4 is 9.64 Å². The van der Waals surface area contributed by atoms with Gasteiger partial charge < -0.3 is 19.4 Å². The molecule has 2 aliphatic heterocycles. The summed E-state index contributed by atoms with van der Waals surface area (Å²) in [5.74, 6) is 1.91. The smallest absolute Gasteiger partial charge is 0.253 e. The number of carbonyl (C=O) groups is 1. The van der Waals surface area contributed by atoms with Gasteiger partial charge in [-0.2, -0.15) is 0 Å². The van der Waals surface area contributed by atoms with Gasteiger partial charge in [0.05, 0.1) is 6.61 Å². The van der Waals surface area contributed by atoms with Crippen LogP contribution in [0.3, 0.4) is 0 Å². The molecule has 2 aromatic rings. The second-order valence-electron chi connectivity index (χ2n) is 8.10. The standard InChI is InChI=1S/C24H32N4O2/c29-24(28-18-16-27(17-19-28)23-7-2-3-12-25-23)21-8-10-22(11-9-21)30-20-6-15-26-13-4-1-5-14-26/h2-3,7-12H,1,4-6,13-20H2. The molecule has 160 valence electrons. The van der Waals surface area contributed by atoms with Gasteiger partial charge in [0.1, 0.15) is 11.6 Å². The van der Waals surface area contributed by atoms with Crippen molar-refractivity contribution in [3.8, 4) is 5.75 Å². The molecule has 30 heavy (non-hydrogen) atoms. The van der Waals surface area contributed by atoms with Crippen LogP contribution in [-0.4, -0.2) is 73.1 Å². The highest BCUT2D eigenvalue weighted by atomic mass is 16.5. The number of likely N-dealkylation sites (tertiary alicyclic amines) is 1. The van der Waals surface area contributed by atoms with Gasteiger partial charge in [-0.15, -0.1) is 0 Å². The van der Waals surface area contributed by atoms with Gasteiger partial charge in [-0.3, -0.25) is 4.79 Å². The number of hydrogen-bond donors (Lipinski definition) is 0. The monoisotopic (exact) mass is 408 g/mol. The van der Waals surface area contributed by atoms with Crippen LogP contribution in [0.15, 0.2) is 48.7 Å². The number of ether oxygens (including phenoxy) is 1. The maximum absolute atomic E-state index is 12.8. The lowest BCUT2D eigenvalue weighted by molar-refractivity contribution is 0.0746. The first kappa shape index (κ1) is 20.7. The Labute approximate surface area is 179 Å². The number of carbonyl (C=O) groups excluding carboxylic acids is 1. The molecule has 2 aliphatic rings. The van der Waals surface area contributed by atoms with E-state index in [0.717, 1.165) is 49.8 Å². The number of nitrogens with zero attached hydrogens (tertiary/aromatic N) is 4. The Kier molecular flexibility index (Phi) is 7.19. The van der Waals surface area contributed by atoms with E-state index in [0.29, 0.717) is 13.1 Å². The zero-order chi connectivity index (χ0) is 20.6. The number of benzene rings is 1. The fourth-order valence-corrected chi connectivity index (χ4v) is 4.22. The van der Waals surface area contributed by atoms with E-state index in [1.54, 1.807) is 0 Å². The quantitative estimate of drug-likeness (QED) is 0.658. The average molecular weight is 409 g/mol. The predicted octanol–water partition coefficient (Wildman–Crippen LogP) is 3.30. The van der Waals surface area contributed by atoms with Crippen molar-refractivity contribution in [2.24, 2.45) is 0 Å². The number of piperidine rings is 1. The molecule has 3 heterocycles. The van der Waals surface area contributed by atoms with Crippen molar-refractivity contribution < 1.29 is 9.53 Å². The molecule has 0 N–H and O–H groups in total. The summed E-state index contributed by atoms with van der Waals surface area (Å²) < 4.78 is 5.88. The number of rotatable bonds is 7. The minimum atomic E-state index is 0.0901. The third kappa shape index (κ3) is 5.51. The van der Waals surface area contributed by atoms with Crippen molar-refractivity contribution in [1.82, 2.24) is 14.8 Å². The highest BCUT2D eigenvalue weighted by molar-refractivity contribution is 5.94. The van der Waals surface area contributed by atoms with Crippen LogP contribution in [0.5, 0.6) is 5.75 Å². The van der Waals surface area contributed by atoms with Gasteiger partial charge in [0, 0.05) is 44.5 Å². The van der Waals surface area contributed by atoms with E-state index in [1.807, 2.05) is 53.6 Å².